The van der Waals surface area contributed by atoms with Crippen LogP contribution in [0.25, 0.3) is 0 Å². The first-order valence-corrected chi connectivity index (χ1v) is 5.55. The fourth-order valence-electron chi connectivity index (χ4n) is 2.13. The van der Waals surface area contributed by atoms with Crippen molar-refractivity contribution in [3.63, 3.8) is 0 Å². The Morgan fingerprint density at radius 2 is 1.88 bits per heavy atom. The van der Waals surface area contributed by atoms with E-state index in [1.54, 1.807) is 6.08 Å². The molecule has 0 fully saturated rings. The first-order chi connectivity index (χ1) is 7.85. The van der Waals surface area contributed by atoms with E-state index in [1.807, 2.05) is 20.8 Å². The van der Waals surface area contributed by atoms with E-state index in [1.165, 1.54) is 0 Å². The minimum Gasteiger partial charge on any atom is -0.477 e. The van der Waals surface area contributed by atoms with Crippen LogP contribution < -0.4 is 5.32 Å². The zero-order valence-electron chi connectivity index (χ0n) is 10.2. The van der Waals surface area contributed by atoms with Gasteiger partial charge in [0, 0.05) is 5.41 Å². The van der Waals surface area contributed by atoms with Crippen LogP contribution >= 0.6 is 0 Å². The molecule has 0 aromatic rings. The second-order valence-corrected chi connectivity index (χ2v) is 4.27. The van der Waals surface area contributed by atoms with Crippen LogP contribution in [0.1, 0.15) is 33.6 Å². The number of carboxylic acid groups (broad SMARTS) is 2. The van der Waals surface area contributed by atoms with Gasteiger partial charge in [0.05, 0.1) is 0 Å². The molecule has 0 amide bonds. The fraction of sp³-hybridized carbons (Fsp3) is 0.500. The van der Waals surface area contributed by atoms with Gasteiger partial charge in [0.25, 0.3) is 0 Å². The smallest absolute Gasteiger partial charge is 0.352 e. The number of nitrogens with one attached hydrogen (secondary N) is 1. The Bertz CT molecular complexity index is 422. The van der Waals surface area contributed by atoms with Crippen LogP contribution in [0.5, 0.6) is 0 Å². The van der Waals surface area contributed by atoms with Gasteiger partial charge in [-0.25, -0.2) is 9.59 Å². The molecule has 1 aliphatic heterocycles. The fourth-order valence-corrected chi connectivity index (χ4v) is 2.13. The van der Waals surface area contributed by atoms with Gasteiger partial charge >= 0.3 is 11.9 Å². The molecule has 1 aliphatic rings. The van der Waals surface area contributed by atoms with Crippen molar-refractivity contribution < 1.29 is 19.8 Å². The minimum absolute atomic E-state index is 0.00301. The number of carbonyl (C=O) groups is 2. The Morgan fingerprint density at radius 1 is 1.29 bits per heavy atom. The molecule has 0 bridgehead atoms. The number of dihydropyridines is 1. The Balaban J connectivity index is 3.35. The summed E-state index contributed by atoms with van der Waals surface area (Å²) in [5, 5.41) is 20.6. The van der Waals surface area contributed by atoms with E-state index >= 15 is 0 Å². The van der Waals surface area contributed by atoms with Gasteiger partial charge in [-0.05, 0) is 24.5 Å². The highest BCUT2D eigenvalue weighted by Gasteiger charge is 2.35. The molecular formula is C12H17NO4. The maximum absolute atomic E-state index is 11.2. The van der Waals surface area contributed by atoms with Crippen molar-refractivity contribution in [2.75, 3.05) is 0 Å². The van der Waals surface area contributed by atoms with Crippen LogP contribution in [0.3, 0.4) is 0 Å². The average molecular weight is 239 g/mol. The molecule has 1 rings (SSSR count). The molecule has 0 aliphatic carbocycles. The standard InChI is InChI=1S/C12H17NO4/c1-4-7-9(11(16)17)13-8(10(14)15)6-12(7,3)5-2/h6,13H,4-5H2,1-3H3,(H,14,15)(H,16,17). The Morgan fingerprint density at radius 3 is 2.24 bits per heavy atom. The van der Waals surface area contributed by atoms with Crippen LogP contribution in [0.15, 0.2) is 23.0 Å². The van der Waals surface area contributed by atoms with Crippen molar-refractivity contribution in [2.45, 2.75) is 33.6 Å². The highest BCUT2D eigenvalue weighted by molar-refractivity contribution is 5.93. The summed E-state index contributed by atoms with van der Waals surface area (Å²) >= 11 is 0. The summed E-state index contributed by atoms with van der Waals surface area (Å²) in [4.78, 5) is 22.1. The van der Waals surface area contributed by atoms with Crippen molar-refractivity contribution in [1.29, 1.82) is 0 Å². The van der Waals surface area contributed by atoms with Crippen molar-refractivity contribution in [3.05, 3.63) is 23.0 Å². The van der Waals surface area contributed by atoms with Crippen LogP contribution in [-0.4, -0.2) is 22.2 Å². The van der Waals surface area contributed by atoms with Crippen molar-refractivity contribution in [1.82, 2.24) is 5.32 Å². The second-order valence-electron chi connectivity index (χ2n) is 4.27. The molecule has 1 heterocycles. The Hall–Kier alpha value is -1.78. The number of allylic oxidation sites excluding steroid dienone is 2. The first-order valence-electron chi connectivity index (χ1n) is 5.55. The zero-order valence-corrected chi connectivity index (χ0v) is 10.2. The molecule has 0 radical (unpaired) electrons. The van der Waals surface area contributed by atoms with Crippen LogP contribution in [0, 0.1) is 5.41 Å². The van der Waals surface area contributed by atoms with Gasteiger partial charge in [0.2, 0.25) is 0 Å². The molecule has 94 valence electrons. The van der Waals surface area contributed by atoms with Crippen molar-refractivity contribution >= 4 is 11.9 Å². The molecule has 1 atom stereocenters. The topological polar surface area (TPSA) is 86.6 Å². The highest BCUT2D eigenvalue weighted by atomic mass is 16.4. The van der Waals surface area contributed by atoms with Gasteiger partial charge in [-0.2, -0.15) is 0 Å². The molecule has 0 aromatic carbocycles. The van der Waals surface area contributed by atoms with E-state index in [9.17, 15) is 9.59 Å². The number of carboxylic acids is 2. The molecule has 1 unspecified atom stereocenters. The molecule has 0 spiro atoms. The van der Waals surface area contributed by atoms with Gasteiger partial charge in [-0.15, -0.1) is 0 Å². The van der Waals surface area contributed by atoms with E-state index in [-0.39, 0.29) is 11.4 Å². The van der Waals surface area contributed by atoms with E-state index in [0.717, 1.165) is 5.57 Å². The minimum atomic E-state index is -1.14. The molecular weight excluding hydrogens is 222 g/mol. The lowest BCUT2D eigenvalue weighted by atomic mass is 9.75. The lowest BCUT2D eigenvalue weighted by Crippen LogP contribution is -2.35. The van der Waals surface area contributed by atoms with Gasteiger partial charge in [0.15, 0.2) is 0 Å². The summed E-state index contributed by atoms with van der Waals surface area (Å²) < 4.78 is 0. The van der Waals surface area contributed by atoms with E-state index in [4.69, 9.17) is 10.2 Å². The third-order valence-electron chi connectivity index (χ3n) is 3.25. The van der Waals surface area contributed by atoms with Crippen molar-refractivity contribution in [3.8, 4) is 0 Å². The van der Waals surface area contributed by atoms with Gasteiger partial charge in [-0.3, -0.25) is 0 Å². The zero-order chi connectivity index (χ0) is 13.2. The maximum atomic E-state index is 11.2. The monoisotopic (exact) mass is 239 g/mol. The summed E-state index contributed by atoms with van der Waals surface area (Å²) in [6, 6.07) is 0. The van der Waals surface area contributed by atoms with E-state index in [0.29, 0.717) is 12.8 Å². The van der Waals surface area contributed by atoms with Crippen LogP contribution in [0.4, 0.5) is 0 Å². The van der Waals surface area contributed by atoms with Crippen LogP contribution in [0.2, 0.25) is 0 Å². The van der Waals surface area contributed by atoms with Crippen molar-refractivity contribution in [2.24, 2.45) is 5.41 Å². The first kappa shape index (κ1) is 13.3. The Labute approximate surface area is 99.8 Å². The molecule has 5 nitrogen and oxygen atoms in total. The van der Waals surface area contributed by atoms with Crippen LogP contribution in [-0.2, 0) is 9.59 Å². The second kappa shape index (κ2) is 4.61. The summed E-state index contributed by atoms with van der Waals surface area (Å²) in [5.74, 6) is -2.26. The number of rotatable bonds is 4. The van der Waals surface area contributed by atoms with Gasteiger partial charge in [-0.1, -0.05) is 20.8 Å². The lowest BCUT2D eigenvalue weighted by Gasteiger charge is -2.34. The highest BCUT2D eigenvalue weighted by Crippen LogP contribution is 2.39. The number of aliphatic carboxylic acids is 2. The molecule has 3 N–H and O–H groups in total. The van der Waals surface area contributed by atoms with E-state index in [2.05, 4.69) is 5.32 Å². The summed E-state index contributed by atoms with van der Waals surface area (Å²) in [5.41, 5.74) is 0.153. The molecule has 5 heteroatoms. The van der Waals surface area contributed by atoms with E-state index < -0.39 is 17.4 Å². The summed E-state index contributed by atoms with van der Waals surface area (Å²) in [7, 11) is 0. The normalized spacial score (nSPS) is 24.1. The van der Waals surface area contributed by atoms with Gasteiger partial charge in [0.1, 0.15) is 11.4 Å². The lowest BCUT2D eigenvalue weighted by molar-refractivity contribution is -0.133. The summed E-state index contributed by atoms with van der Waals surface area (Å²) in [6.07, 6.45) is 2.83. The third-order valence-corrected chi connectivity index (χ3v) is 3.25. The predicted octanol–water partition coefficient (Wildman–Crippen LogP) is 1.72. The third kappa shape index (κ3) is 2.33. The maximum Gasteiger partial charge on any atom is 0.352 e. The predicted molar refractivity (Wildman–Crippen MR) is 62.2 cm³/mol. The average Bonchev–Trinajstić information content (AvgIpc) is 2.27. The number of hydrogen-bond donors (Lipinski definition) is 3. The number of hydrogen-bond acceptors (Lipinski definition) is 3. The molecule has 0 aromatic heterocycles. The molecule has 0 saturated heterocycles. The van der Waals surface area contributed by atoms with Gasteiger partial charge < -0.3 is 15.5 Å². The molecule has 0 saturated carbocycles. The SMILES string of the molecule is CCC1=C(C(=O)O)NC(C(=O)O)=CC1(C)CC. The largest absolute Gasteiger partial charge is 0.477 e. The quantitative estimate of drug-likeness (QED) is 0.695. The Kier molecular flexibility index (Phi) is 3.60. The molecule has 17 heavy (non-hydrogen) atoms. The summed E-state index contributed by atoms with van der Waals surface area (Å²) in [6.45, 7) is 5.64.